The Labute approximate surface area is 342 Å². The Hall–Kier alpha value is -1.78. The number of oxime groups is 2. The van der Waals surface area contributed by atoms with E-state index in [2.05, 4.69) is 117 Å². The van der Waals surface area contributed by atoms with Gasteiger partial charge in [0.1, 0.15) is 40.9 Å². The Kier molecular flexibility index (Phi) is 13.2. The van der Waals surface area contributed by atoms with E-state index in [0.717, 1.165) is 0 Å². The molecule has 51 heavy (non-hydrogen) atoms. The molecule has 1 aromatic rings. The van der Waals surface area contributed by atoms with Crippen LogP contribution in [-0.2, 0) is 28.7 Å². The molecule has 2 spiro atoms. The lowest BCUT2D eigenvalue weighted by molar-refractivity contribution is -0.116. The minimum Gasteiger partial charge on any atom is -0.495 e. The molecule has 4 aliphatic rings. The fraction of sp³-hybridized carbons (Fsp3) is 0.419. The minimum absolute atomic E-state index is 0.0140. The number of amides is 2. The molecule has 14 nitrogen and oxygen atoms in total. The van der Waals surface area contributed by atoms with Gasteiger partial charge in [0.2, 0.25) is 0 Å². The summed E-state index contributed by atoms with van der Waals surface area (Å²) >= 11 is 20.4. The zero-order valence-electron chi connectivity index (χ0n) is 26.6. The molecule has 1 unspecified atom stereocenters. The number of aliphatic hydroxyl groups is 3. The third-order valence-corrected chi connectivity index (χ3v) is 12.1. The number of benzene rings is 1. The second-order valence-electron chi connectivity index (χ2n) is 11.6. The van der Waals surface area contributed by atoms with Gasteiger partial charge in [-0.1, -0.05) is 10.3 Å². The van der Waals surface area contributed by atoms with Crippen molar-refractivity contribution in [1.29, 1.82) is 0 Å². The maximum absolute atomic E-state index is 12.9. The van der Waals surface area contributed by atoms with Gasteiger partial charge in [0.05, 0.1) is 53.8 Å². The van der Waals surface area contributed by atoms with Gasteiger partial charge in [-0.15, -0.1) is 0 Å². The van der Waals surface area contributed by atoms with Crippen LogP contribution in [-0.4, -0.2) is 95.9 Å². The van der Waals surface area contributed by atoms with Crippen molar-refractivity contribution in [2.75, 3.05) is 33.9 Å². The van der Waals surface area contributed by atoms with Crippen LogP contribution in [0.2, 0.25) is 0 Å². The first-order valence-electron chi connectivity index (χ1n) is 15.0. The Bertz CT molecular complexity index is 1780. The SMILES string of the molecule is COC1=C(Br)[C@H](O)[C@@]2(C=C1Br)CC(C(=O)NCCCOc1c(Br)cc(C(O)CNC(=O)C3=NO[C@]4(C=C(Br)C(OC)=C(Br)[C@@H]4O)C3)cc1Br)=NO2. The molecule has 0 saturated heterocycles. The van der Waals surface area contributed by atoms with Crippen LogP contribution in [0.4, 0.5) is 0 Å². The highest BCUT2D eigenvalue weighted by Gasteiger charge is 2.52. The van der Waals surface area contributed by atoms with E-state index in [4.69, 9.17) is 23.9 Å². The molecule has 0 bridgehead atoms. The maximum atomic E-state index is 12.9. The Morgan fingerprint density at radius 1 is 0.863 bits per heavy atom. The van der Waals surface area contributed by atoms with Crippen molar-refractivity contribution in [2.45, 2.75) is 48.8 Å². The van der Waals surface area contributed by atoms with E-state index in [-0.39, 0.29) is 44.0 Å². The number of hydrogen-bond acceptors (Lipinski definition) is 12. The van der Waals surface area contributed by atoms with Crippen molar-refractivity contribution in [3.8, 4) is 5.75 Å². The van der Waals surface area contributed by atoms with Crippen molar-refractivity contribution >= 4 is 119 Å². The van der Waals surface area contributed by atoms with Gasteiger partial charge in [0.25, 0.3) is 11.8 Å². The second-order valence-corrected chi connectivity index (χ2v) is 16.7. The molecule has 5 rings (SSSR count). The van der Waals surface area contributed by atoms with Crippen molar-refractivity contribution in [3.63, 3.8) is 0 Å². The van der Waals surface area contributed by atoms with Gasteiger partial charge in [0.15, 0.2) is 11.2 Å². The highest BCUT2D eigenvalue weighted by molar-refractivity contribution is 9.12. The van der Waals surface area contributed by atoms with E-state index >= 15 is 0 Å². The monoisotopic (exact) mass is 1090 g/mol. The number of nitrogens with zero attached hydrogens (tertiary/aromatic N) is 2. The van der Waals surface area contributed by atoms with Gasteiger partial charge in [-0.05, 0) is 132 Å². The lowest BCUT2D eigenvalue weighted by Gasteiger charge is -2.33. The number of carbonyl (C=O) groups is 2. The third-order valence-electron chi connectivity index (χ3n) is 8.20. The average molecular weight is 1100 g/mol. The molecule has 0 aromatic heterocycles. The minimum atomic E-state index is -1.30. The van der Waals surface area contributed by atoms with Gasteiger partial charge in [-0.3, -0.25) is 9.59 Å². The molecule has 2 aliphatic carbocycles. The molecule has 2 heterocycles. The van der Waals surface area contributed by atoms with Crippen LogP contribution in [0.15, 0.2) is 73.0 Å². The first kappa shape index (κ1) is 40.4. The molecule has 5 atom stereocenters. The molecule has 276 valence electrons. The number of halogens is 6. The number of allylic oxidation sites excluding steroid dienone is 2. The van der Waals surface area contributed by atoms with Gasteiger partial charge in [-0.25, -0.2) is 0 Å². The molecule has 1 aromatic carbocycles. The molecular formula is C31H30Br6N4O10. The summed E-state index contributed by atoms with van der Waals surface area (Å²) in [4.78, 5) is 36.8. The van der Waals surface area contributed by atoms with Crippen LogP contribution < -0.4 is 15.4 Å². The van der Waals surface area contributed by atoms with Crippen LogP contribution in [0.25, 0.3) is 0 Å². The Morgan fingerprint density at radius 3 is 1.80 bits per heavy atom. The normalized spacial score (nSPS) is 26.2. The number of rotatable bonds is 12. The summed E-state index contributed by atoms with van der Waals surface area (Å²) in [5, 5.41) is 45.8. The predicted octanol–water partition coefficient (Wildman–Crippen LogP) is 5.09. The molecule has 0 fully saturated rings. The summed E-state index contributed by atoms with van der Waals surface area (Å²) in [5.74, 6) is 0.324. The summed E-state index contributed by atoms with van der Waals surface area (Å²) in [6, 6.07) is 3.34. The van der Waals surface area contributed by atoms with Crippen molar-refractivity contribution < 1.29 is 48.8 Å². The Morgan fingerprint density at radius 2 is 1.33 bits per heavy atom. The van der Waals surface area contributed by atoms with Crippen molar-refractivity contribution in [1.82, 2.24) is 10.6 Å². The smallest absolute Gasteiger partial charge is 0.269 e. The van der Waals surface area contributed by atoms with Crippen LogP contribution in [0.3, 0.4) is 0 Å². The van der Waals surface area contributed by atoms with Gasteiger partial charge >= 0.3 is 0 Å². The van der Waals surface area contributed by atoms with E-state index < -0.39 is 41.3 Å². The fourth-order valence-corrected chi connectivity index (χ4v) is 10.5. The zero-order valence-corrected chi connectivity index (χ0v) is 36.2. The van der Waals surface area contributed by atoms with Crippen LogP contribution in [0.5, 0.6) is 5.75 Å². The third kappa shape index (κ3) is 8.33. The first-order valence-corrected chi connectivity index (χ1v) is 19.8. The highest BCUT2D eigenvalue weighted by atomic mass is 79.9. The van der Waals surface area contributed by atoms with Gasteiger partial charge < -0.3 is 49.8 Å². The molecule has 2 aliphatic heterocycles. The number of nitrogens with one attached hydrogen (secondary N) is 2. The second kappa shape index (κ2) is 16.7. The summed E-state index contributed by atoms with van der Waals surface area (Å²) in [7, 11) is 2.94. The van der Waals surface area contributed by atoms with Crippen LogP contribution >= 0.6 is 95.6 Å². The van der Waals surface area contributed by atoms with Crippen molar-refractivity contribution in [3.05, 3.63) is 68.2 Å². The van der Waals surface area contributed by atoms with Crippen molar-refractivity contribution in [2.24, 2.45) is 10.3 Å². The summed E-state index contributed by atoms with van der Waals surface area (Å²) in [5.41, 5.74) is -1.87. The summed E-state index contributed by atoms with van der Waals surface area (Å²) < 4.78 is 19.4. The fourth-order valence-electron chi connectivity index (χ4n) is 5.51. The van der Waals surface area contributed by atoms with E-state index in [1.54, 1.807) is 24.3 Å². The lowest BCUT2D eigenvalue weighted by atomic mass is 9.87. The summed E-state index contributed by atoms with van der Waals surface area (Å²) in [6.07, 6.45) is 0.350. The maximum Gasteiger partial charge on any atom is 0.269 e. The Balaban J connectivity index is 1.06. The van der Waals surface area contributed by atoms with Gasteiger partial charge in [0, 0.05) is 25.9 Å². The van der Waals surface area contributed by atoms with E-state index in [0.29, 0.717) is 56.1 Å². The molecule has 0 radical (unpaired) electrons. The van der Waals surface area contributed by atoms with E-state index in [1.807, 2.05) is 0 Å². The van der Waals surface area contributed by atoms with Crippen LogP contribution in [0, 0.1) is 0 Å². The molecular weight excluding hydrogens is 1070 g/mol. The largest absolute Gasteiger partial charge is 0.495 e. The summed E-state index contributed by atoms with van der Waals surface area (Å²) in [6.45, 7) is 0.400. The quantitative estimate of drug-likeness (QED) is 0.177. The number of ether oxygens (including phenoxy) is 3. The van der Waals surface area contributed by atoms with Gasteiger partial charge in [-0.2, -0.15) is 0 Å². The zero-order chi connectivity index (χ0) is 37.2. The highest BCUT2D eigenvalue weighted by Crippen LogP contribution is 2.45. The van der Waals surface area contributed by atoms with Crippen LogP contribution in [0.1, 0.15) is 30.9 Å². The van der Waals surface area contributed by atoms with E-state index in [1.165, 1.54) is 14.2 Å². The average Bonchev–Trinajstić information content (AvgIpc) is 3.72. The lowest BCUT2D eigenvalue weighted by Crippen LogP contribution is -2.45. The molecule has 20 heteroatoms. The molecule has 2 amide bonds. The standard InChI is InChI=1S/C31H30Br6N4O10/c1-47-24-16(34)8-30(26(43)21(24)36)10-18(40-50-30)28(45)38-4-3-5-49-23-14(32)6-13(7-15(23)33)20(42)12-39-29(46)19-11-31(51-41-19)9-17(35)25(48-2)22(37)27(31)44/h6-9,20,26-27,42-44H,3-5,10-12H2,1-2H3,(H,38,45)(H,39,46)/t20?,26-,27-,30+,31+/m0/s1. The first-order chi connectivity index (χ1) is 24.2. The number of carbonyl (C=O) groups excluding carboxylic acids is 2. The number of methoxy groups -OCH3 is 2. The molecule has 0 saturated carbocycles. The number of aliphatic hydroxyl groups excluding tert-OH is 3. The topological polar surface area (TPSA) is 190 Å². The number of hydrogen-bond donors (Lipinski definition) is 5. The molecule has 5 N–H and O–H groups in total. The predicted molar refractivity (Wildman–Crippen MR) is 207 cm³/mol. The van der Waals surface area contributed by atoms with E-state index in [9.17, 15) is 24.9 Å².